The van der Waals surface area contributed by atoms with Gasteiger partial charge in [0, 0.05) is 49.1 Å². The molecule has 4 rings (SSSR count). The van der Waals surface area contributed by atoms with Gasteiger partial charge in [-0.25, -0.2) is 9.97 Å². The maximum absolute atomic E-state index is 10.4. The van der Waals surface area contributed by atoms with Gasteiger partial charge in [-0.05, 0) is 49.8 Å². The molecule has 0 saturated heterocycles. The van der Waals surface area contributed by atoms with Crippen LogP contribution in [0, 0.1) is 11.8 Å². The van der Waals surface area contributed by atoms with Crippen LogP contribution >= 0.6 is 0 Å². The number of aromatic nitrogens is 3. The molecule has 6 nitrogen and oxygen atoms in total. The molecule has 0 aliphatic heterocycles. The zero-order chi connectivity index (χ0) is 17.9. The van der Waals surface area contributed by atoms with Crippen molar-refractivity contribution < 1.29 is 10.2 Å². The lowest BCUT2D eigenvalue weighted by atomic mass is 9.88. The molecule has 3 N–H and O–H groups in total. The van der Waals surface area contributed by atoms with Gasteiger partial charge in [-0.1, -0.05) is 6.07 Å². The Hall–Kier alpha value is -1.89. The summed E-state index contributed by atoms with van der Waals surface area (Å²) < 4.78 is 0. The third-order valence-corrected chi connectivity index (χ3v) is 5.66. The van der Waals surface area contributed by atoms with E-state index in [0.29, 0.717) is 18.9 Å². The van der Waals surface area contributed by atoms with Gasteiger partial charge < -0.3 is 15.5 Å². The van der Waals surface area contributed by atoms with E-state index >= 15 is 0 Å². The Morgan fingerprint density at radius 3 is 2.65 bits per heavy atom. The van der Waals surface area contributed by atoms with Gasteiger partial charge in [0.25, 0.3) is 0 Å². The molecule has 26 heavy (non-hydrogen) atoms. The van der Waals surface area contributed by atoms with Crippen molar-refractivity contribution in [3.05, 3.63) is 53.9 Å². The average Bonchev–Trinajstić information content (AvgIpc) is 3.47. The van der Waals surface area contributed by atoms with E-state index < -0.39 is 6.10 Å². The maximum Gasteiger partial charge on any atom is 0.131 e. The monoisotopic (exact) mass is 354 g/mol. The molecule has 2 aromatic rings. The van der Waals surface area contributed by atoms with Crippen LogP contribution in [-0.2, 0) is 13.0 Å². The number of pyridine rings is 1. The summed E-state index contributed by atoms with van der Waals surface area (Å²) in [6.45, 7) is 0.651. The second-order valence-electron chi connectivity index (χ2n) is 7.51. The predicted molar refractivity (Wildman–Crippen MR) is 97.3 cm³/mol. The number of nitrogens with zero attached hydrogens (tertiary/aromatic N) is 3. The number of aliphatic hydroxyl groups is 2. The molecule has 2 aliphatic rings. The van der Waals surface area contributed by atoms with Crippen LogP contribution in [0.25, 0.3) is 0 Å². The Morgan fingerprint density at radius 2 is 1.92 bits per heavy atom. The molecule has 2 saturated carbocycles. The topological polar surface area (TPSA) is 91.2 Å². The van der Waals surface area contributed by atoms with Crippen molar-refractivity contribution in [1.82, 2.24) is 20.3 Å². The fourth-order valence-electron chi connectivity index (χ4n) is 4.02. The van der Waals surface area contributed by atoms with E-state index in [9.17, 15) is 10.2 Å². The second-order valence-corrected chi connectivity index (χ2v) is 7.51. The van der Waals surface area contributed by atoms with Gasteiger partial charge in [-0.15, -0.1) is 0 Å². The van der Waals surface area contributed by atoms with Gasteiger partial charge in [0.1, 0.15) is 5.82 Å². The minimum absolute atomic E-state index is 0.00579. The summed E-state index contributed by atoms with van der Waals surface area (Å²) in [6.07, 6.45) is 6.88. The standard InChI is InChI=1S/C20H26N4O2/c25-12-17-16(9-14-6-8-22-20(24-14)13-4-5-13)18(10-19(17)26)23-11-15-3-1-2-7-21-15/h1-3,6-8,13,16-19,23,25-26H,4-5,9-12H2. The first-order valence-corrected chi connectivity index (χ1v) is 9.48. The van der Waals surface area contributed by atoms with Crippen molar-refractivity contribution in [2.45, 2.75) is 50.3 Å². The summed E-state index contributed by atoms with van der Waals surface area (Å²) in [4.78, 5) is 13.5. The normalized spacial score (nSPS) is 28.4. The van der Waals surface area contributed by atoms with E-state index in [1.54, 1.807) is 6.20 Å². The molecule has 0 bridgehead atoms. The van der Waals surface area contributed by atoms with Crippen molar-refractivity contribution in [2.75, 3.05) is 6.61 Å². The Bertz CT molecular complexity index is 723. The number of hydrogen-bond donors (Lipinski definition) is 3. The molecule has 2 aliphatic carbocycles. The van der Waals surface area contributed by atoms with Crippen LogP contribution in [-0.4, -0.2) is 43.9 Å². The van der Waals surface area contributed by atoms with Gasteiger partial charge in [0.15, 0.2) is 0 Å². The van der Waals surface area contributed by atoms with Crippen molar-refractivity contribution in [1.29, 1.82) is 0 Å². The Kier molecular flexibility index (Phi) is 5.24. The minimum atomic E-state index is -0.490. The third kappa shape index (κ3) is 3.92. The molecule has 138 valence electrons. The summed E-state index contributed by atoms with van der Waals surface area (Å²) in [7, 11) is 0. The maximum atomic E-state index is 10.4. The van der Waals surface area contributed by atoms with Gasteiger partial charge in [-0.3, -0.25) is 4.98 Å². The number of aliphatic hydroxyl groups excluding tert-OH is 2. The Balaban J connectivity index is 1.47. The van der Waals surface area contributed by atoms with Crippen LogP contribution in [0.3, 0.4) is 0 Å². The lowest BCUT2D eigenvalue weighted by Crippen LogP contribution is -2.36. The molecule has 2 fully saturated rings. The Labute approximate surface area is 153 Å². The highest BCUT2D eigenvalue weighted by molar-refractivity contribution is 5.12. The summed E-state index contributed by atoms with van der Waals surface area (Å²) in [5.41, 5.74) is 1.98. The zero-order valence-electron chi connectivity index (χ0n) is 14.8. The lowest BCUT2D eigenvalue weighted by molar-refractivity contribution is 0.0716. The van der Waals surface area contributed by atoms with Crippen molar-refractivity contribution in [3.63, 3.8) is 0 Å². The molecule has 0 spiro atoms. The van der Waals surface area contributed by atoms with Crippen molar-refractivity contribution in [3.8, 4) is 0 Å². The molecule has 2 heterocycles. The smallest absolute Gasteiger partial charge is 0.131 e. The SMILES string of the molecule is OCC1C(O)CC(NCc2ccccn2)C1Cc1ccnc(C2CC2)n1. The minimum Gasteiger partial charge on any atom is -0.396 e. The summed E-state index contributed by atoms with van der Waals surface area (Å²) in [5.74, 6) is 1.48. The molecule has 0 aromatic carbocycles. The molecular weight excluding hydrogens is 328 g/mol. The largest absolute Gasteiger partial charge is 0.396 e. The summed E-state index contributed by atoms with van der Waals surface area (Å²) in [6, 6.07) is 7.95. The molecule has 0 amide bonds. The summed E-state index contributed by atoms with van der Waals surface area (Å²) >= 11 is 0. The van der Waals surface area contributed by atoms with Crippen LogP contribution < -0.4 is 5.32 Å². The number of hydrogen-bond acceptors (Lipinski definition) is 6. The predicted octanol–water partition coefficient (Wildman–Crippen LogP) is 1.44. The van der Waals surface area contributed by atoms with Gasteiger partial charge in [-0.2, -0.15) is 0 Å². The van der Waals surface area contributed by atoms with Crippen LogP contribution in [0.1, 0.15) is 42.4 Å². The highest BCUT2D eigenvalue weighted by Gasteiger charge is 2.42. The fourth-order valence-corrected chi connectivity index (χ4v) is 4.02. The quantitative estimate of drug-likeness (QED) is 0.697. The summed E-state index contributed by atoms with van der Waals surface area (Å²) in [5, 5.41) is 23.8. The van der Waals surface area contributed by atoms with E-state index in [0.717, 1.165) is 23.6 Å². The Morgan fingerprint density at radius 1 is 1.04 bits per heavy atom. The first-order chi connectivity index (χ1) is 12.7. The molecular formula is C20H26N4O2. The van der Waals surface area contributed by atoms with Gasteiger partial charge in [0.05, 0.1) is 11.8 Å². The first kappa shape index (κ1) is 17.5. The molecule has 0 radical (unpaired) electrons. The first-order valence-electron chi connectivity index (χ1n) is 9.48. The van der Waals surface area contributed by atoms with E-state index in [4.69, 9.17) is 4.98 Å². The van der Waals surface area contributed by atoms with Crippen LogP contribution in [0.5, 0.6) is 0 Å². The molecule has 2 aromatic heterocycles. The third-order valence-electron chi connectivity index (χ3n) is 5.66. The van der Waals surface area contributed by atoms with Crippen LogP contribution in [0.2, 0.25) is 0 Å². The van der Waals surface area contributed by atoms with E-state index in [1.165, 1.54) is 12.8 Å². The number of rotatable bonds is 7. The second kappa shape index (κ2) is 7.78. The van der Waals surface area contributed by atoms with Gasteiger partial charge >= 0.3 is 0 Å². The van der Waals surface area contributed by atoms with Crippen molar-refractivity contribution in [2.24, 2.45) is 11.8 Å². The average molecular weight is 354 g/mol. The van der Waals surface area contributed by atoms with Gasteiger partial charge in [0.2, 0.25) is 0 Å². The van der Waals surface area contributed by atoms with Crippen LogP contribution in [0.4, 0.5) is 0 Å². The van der Waals surface area contributed by atoms with E-state index in [-0.39, 0.29) is 24.5 Å². The van der Waals surface area contributed by atoms with E-state index in [1.807, 2.05) is 30.5 Å². The fraction of sp³-hybridized carbons (Fsp3) is 0.550. The zero-order valence-corrected chi connectivity index (χ0v) is 14.8. The molecule has 4 unspecified atom stereocenters. The van der Waals surface area contributed by atoms with E-state index in [2.05, 4.69) is 15.3 Å². The van der Waals surface area contributed by atoms with Crippen molar-refractivity contribution >= 4 is 0 Å². The highest BCUT2D eigenvalue weighted by atomic mass is 16.3. The lowest BCUT2D eigenvalue weighted by Gasteiger charge is -2.25. The van der Waals surface area contributed by atoms with Crippen LogP contribution in [0.15, 0.2) is 36.7 Å². The highest BCUT2D eigenvalue weighted by Crippen LogP contribution is 2.38. The molecule has 6 heteroatoms. The number of nitrogens with one attached hydrogen (secondary N) is 1. The molecule has 4 atom stereocenters.